The molecule has 88 valence electrons. The topological polar surface area (TPSA) is 17.1 Å². The fourth-order valence-electron chi connectivity index (χ4n) is 2.21. The van der Waals surface area contributed by atoms with Gasteiger partial charge in [-0.15, -0.1) is 0 Å². The predicted octanol–water partition coefficient (Wildman–Crippen LogP) is 2.14. The van der Waals surface area contributed by atoms with Crippen LogP contribution in [0.2, 0.25) is 0 Å². The van der Waals surface area contributed by atoms with Gasteiger partial charge in [0.2, 0.25) is 0 Å². The Morgan fingerprint density at radius 1 is 1.12 bits per heavy atom. The number of carbonyl (C=O) groups is 1. The average molecular weight is 374 g/mol. The van der Waals surface area contributed by atoms with Crippen molar-refractivity contribution in [3.63, 3.8) is 0 Å². The van der Waals surface area contributed by atoms with Crippen LogP contribution in [0.15, 0.2) is 34.1 Å². The third-order valence-corrected chi connectivity index (χ3v) is 9.41. The van der Waals surface area contributed by atoms with Gasteiger partial charge < -0.3 is 0 Å². The first kappa shape index (κ1) is 12.1. The van der Waals surface area contributed by atoms with Crippen molar-refractivity contribution < 1.29 is 4.79 Å². The van der Waals surface area contributed by atoms with Gasteiger partial charge in [-0.05, 0) is 0 Å². The quantitative estimate of drug-likeness (QED) is 0.750. The molecule has 1 aliphatic heterocycles. The fraction of sp³-hybridized carbons (Fsp3) is 0.308. The summed E-state index contributed by atoms with van der Waals surface area (Å²) in [7, 11) is 0. The van der Waals surface area contributed by atoms with Crippen molar-refractivity contribution >= 4 is 46.6 Å². The van der Waals surface area contributed by atoms with Crippen LogP contribution in [0, 0.1) is 0 Å². The Bertz CT molecular complexity index is 467. The van der Waals surface area contributed by atoms with Crippen molar-refractivity contribution in [2.75, 3.05) is 5.75 Å². The van der Waals surface area contributed by atoms with Crippen LogP contribution in [0.25, 0.3) is 0 Å². The zero-order valence-electron chi connectivity index (χ0n) is 9.22. The first-order chi connectivity index (χ1) is 8.31. The molecule has 0 N–H and O–H groups in total. The minimum atomic E-state index is 0.0301. The molecule has 2 aromatic rings. The first-order valence-corrected chi connectivity index (χ1v) is 10.2. The number of ketones is 1. The molecule has 1 saturated heterocycles. The Labute approximate surface area is 117 Å². The Hall–Kier alpha value is 0.0190. The van der Waals surface area contributed by atoms with Crippen molar-refractivity contribution in [1.82, 2.24) is 0 Å². The molecule has 3 heterocycles. The van der Waals surface area contributed by atoms with Gasteiger partial charge >= 0.3 is 118 Å². The summed E-state index contributed by atoms with van der Waals surface area (Å²) in [6.45, 7) is 0. The summed E-state index contributed by atoms with van der Waals surface area (Å²) in [6.07, 6.45) is 1.48. The van der Waals surface area contributed by atoms with Gasteiger partial charge in [-0.3, -0.25) is 0 Å². The molecule has 1 aliphatic rings. The summed E-state index contributed by atoms with van der Waals surface area (Å²) in [5, 5.41) is 0. The van der Waals surface area contributed by atoms with Crippen LogP contribution in [-0.4, -0.2) is 40.5 Å². The number of carbonyl (C=O) groups excluding carboxylic acids is 1. The first-order valence-electron chi connectivity index (χ1n) is 5.55. The molecule has 0 saturated carbocycles. The maximum absolute atomic E-state index is 11.9. The summed E-state index contributed by atoms with van der Waals surface area (Å²) in [5.74, 6) is 1.43. The second-order valence-electron chi connectivity index (χ2n) is 4.10. The van der Waals surface area contributed by atoms with E-state index in [9.17, 15) is 4.79 Å². The fourth-order valence-corrected chi connectivity index (χ4v) is 8.64. The zero-order chi connectivity index (χ0) is 11.7. The molecular formula is C13H12OSSe2. The predicted molar refractivity (Wildman–Crippen MR) is 74.2 cm³/mol. The van der Waals surface area contributed by atoms with Crippen LogP contribution < -0.4 is 0 Å². The number of hydrogen-bond donors (Lipinski definition) is 0. The van der Waals surface area contributed by atoms with Crippen LogP contribution in [0.4, 0.5) is 0 Å². The standard InChI is InChI=1S/C13H12OSSe2/c14-10-5-6-15-13(9-10,11-3-1-7-16-11)12-4-2-8-17-12/h1-4,7-8H,5-6,9H2. The van der Waals surface area contributed by atoms with Crippen LogP contribution >= 0.6 is 11.8 Å². The van der Waals surface area contributed by atoms with Crippen molar-refractivity contribution in [1.29, 1.82) is 0 Å². The van der Waals surface area contributed by atoms with Gasteiger partial charge in [0.15, 0.2) is 0 Å². The third-order valence-electron chi connectivity index (χ3n) is 3.01. The van der Waals surface area contributed by atoms with Crippen molar-refractivity contribution in [3.05, 3.63) is 43.0 Å². The van der Waals surface area contributed by atoms with E-state index in [0.717, 1.165) is 18.6 Å². The van der Waals surface area contributed by atoms with Gasteiger partial charge in [0.1, 0.15) is 0 Å². The Morgan fingerprint density at radius 3 is 2.24 bits per heavy atom. The minimum absolute atomic E-state index is 0.0301. The SMILES string of the molecule is O=C1CCSC(c2ccc[se]2)(c2ccc[se]2)C1. The van der Waals surface area contributed by atoms with Gasteiger partial charge in [0.05, 0.1) is 0 Å². The van der Waals surface area contributed by atoms with E-state index < -0.39 is 0 Å². The second kappa shape index (κ2) is 4.95. The molecule has 0 unspecified atom stereocenters. The molecule has 0 atom stereocenters. The van der Waals surface area contributed by atoms with Crippen molar-refractivity contribution in [3.8, 4) is 0 Å². The number of thioether (sulfide) groups is 1. The summed E-state index contributed by atoms with van der Waals surface area (Å²) >= 11 is 2.90. The van der Waals surface area contributed by atoms with Gasteiger partial charge in [-0.2, -0.15) is 0 Å². The van der Waals surface area contributed by atoms with Crippen molar-refractivity contribution in [2.24, 2.45) is 0 Å². The summed E-state index contributed by atoms with van der Waals surface area (Å²) in [6, 6.07) is 8.82. The second-order valence-corrected chi connectivity index (χ2v) is 9.47. The average Bonchev–Trinajstić information content (AvgIpc) is 3.03. The molecule has 0 aliphatic carbocycles. The molecule has 0 spiro atoms. The molecule has 4 heteroatoms. The molecule has 0 bridgehead atoms. The van der Waals surface area contributed by atoms with E-state index in [2.05, 4.69) is 34.1 Å². The number of rotatable bonds is 2. The summed E-state index contributed by atoms with van der Waals surface area (Å²) in [5.41, 5.74) is 0. The van der Waals surface area contributed by atoms with E-state index in [1.54, 1.807) is 0 Å². The van der Waals surface area contributed by atoms with E-state index in [4.69, 9.17) is 0 Å². The summed E-state index contributed by atoms with van der Waals surface area (Å²) < 4.78 is 3.03. The molecule has 17 heavy (non-hydrogen) atoms. The third kappa shape index (κ3) is 2.18. The van der Waals surface area contributed by atoms with Gasteiger partial charge in [0, 0.05) is 0 Å². The molecule has 0 amide bonds. The monoisotopic (exact) mass is 376 g/mol. The van der Waals surface area contributed by atoms with Gasteiger partial charge in [-0.1, -0.05) is 0 Å². The number of Topliss-reactive ketones (excluding diaryl/α,β-unsaturated/α-hetero) is 1. The molecule has 2 aromatic heterocycles. The number of hydrogen-bond acceptors (Lipinski definition) is 2. The van der Waals surface area contributed by atoms with Gasteiger partial charge in [0.25, 0.3) is 0 Å². The summed E-state index contributed by atoms with van der Waals surface area (Å²) in [4.78, 5) is 16.4. The Kier molecular flexibility index (Phi) is 3.52. The Morgan fingerprint density at radius 2 is 1.76 bits per heavy atom. The van der Waals surface area contributed by atoms with Crippen LogP contribution in [0.1, 0.15) is 21.7 Å². The van der Waals surface area contributed by atoms with E-state index in [-0.39, 0.29) is 4.75 Å². The molecule has 0 radical (unpaired) electrons. The maximum atomic E-state index is 11.9. The van der Waals surface area contributed by atoms with Gasteiger partial charge in [-0.25, -0.2) is 0 Å². The van der Waals surface area contributed by atoms with Crippen molar-refractivity contribution in [2.45, 2.75) is 17.6 Å². The van der Waals surface area contributed by atoms with E-state index in [1.807, 2.05) is 11.8 Å². The Balaban J connectivity index is 2.10. The van der Waals surface area contributed by atoms with E-state index >= 15 is 0 Å². The molecule has 0 aromatic carbocycles. The zero-order valence-corrected chi connectivity index (χ0v) is 13.5. The van der Waals surface area contributed by atoms with E-state index in [1.165, 1.54) is 8.87 Å². The van der Waals surface area contributed by atoms with Crippen LogP contribution in [-0.2, 0) is 9.54 Å². The van der Waals surface area contributed by atoms with Crippen LogP contribution in [0.5, 0.6) is 0 Å². The van der Waals surface area contributed by atoms with Crippen LogP contribution in [0.3, 0.4) is 0 Å². The molecule has 1 fully saturated rings. The molecular weight excluding hydrogens is 362 g/mol. The van der Waals surface area contributed by atoms with E-state index in [0.29, 0.717) is 34.8 Å². The molecule has 1 nitrogen and oxygen atoms in total. The normalized spacial score (nSPS) is 19.4. The molecule has 3 rings (SSSR count).